The van der Waals surface area contributed by atoms with Crippen LogP contribution in [0, 0.1) is 41.6 Å². The Balaban J connectivity index is 2.18. The Kier molecular flexibility index (Phi) is 5.85. The molecule has 0 aliphatic heterocycles. The van der Waals surface area contributed by atoms with Crippen LogP contribution in [0.2, 0.25) is 0 Å². The van der Waals surface area contributed by atoms with Crippen LogP contribution in [0.3, 0.4) is 0 Å². The zero-order valence-electron chi connectivity index (χ0n) is 16.0. The van der Waals surface area contributed by atoms with Crippen LogP contribution in [-0.2, 0) is 27.5 Å². The van der Waals surface area contributed by atoms with E-state index >= 15 is 0 Å². The number of halogens is 3. The van der Waals surface area contributed by atoms with Crippen LogP contribution in [0.15, 0.2) is 11.6 Å². The van der Waals surface area contributed by atoms with Crippen molar-refractivity contribution in [3.63, 3.8) is 0 Å². The van der Waals surface area contributed by atoms with Gasteiger partial charge in [0.25, 0.3) is 0 Å². The Hall–Kier alpha value is -1.82. The third-order valence-corrected chi connectivity index (χ3v) is 5.09. The minimum absolute atomic E-state index is 0.0449. The molecule has 1 aliphatic rings. The van der Waals surface area contributed by atoms with Gasteiger partial charge < -0.3 is 9.47 Å². The first-order valence-electron chi connectivity index (χ1n) is 8.49. The minimum atomic E-state index is -1.31. The Labute approximate surface area is 152 Å². The van der Waals surface area contributed by atoms with Crippen molar-refractivity contribution in [1.82, 2.24) is 0 Å². The molecular formula is C20H25F3O3. The Bertz CT molecular complexity index is 720. The topological polar surface area (TPSA) is 35.5 Å². The summed E-state index contributed by atoms with van der Waals surface area (Å²) in [5, 5.41) is 0. The molecule has 6 heteroatoms. The highest BCUT2D eigenvalue weighted by atomic mass is 19.2. The second-order valence-electron chi connectivity index (χ2n) is 7.63. The summed E-state index contributed by atoms with van der Waals surface area (Å²) >= 11 is 0. The highest BCUT2D eigenvalue weighted by Gasteiger charge is 2.61. The molecule has 2 rings (SSSR count). The number of carbonyl (C=O) groups is 1. The molecule has 1 saturated carbocycles. The summed E-state index contributed by atoms with van der Waals surface area (Å²) in [6.07, 6.45) is 2.01. The van der Waals surface area contributed by atoms with Crippen LogP contribution in [0.4, 0.5) is 13.2 Å². The molecule has 1 aromatic rings. The Morgan fingerprint density at radius 2 is 1.65 bits per heavy atom. The Morgan fingerprint density at radius 3 is 2.19 bits per heavy atom. The van der Waals surface area contributed by atoms with Crippen molar-refractivity contribution in [3.05, 3.63) is 45.8 Å². The number of methoxy groups -OCH3 is 1. The van der Waals surface area contributed by atoms with Crippen molar-refractivity contribution in [2.24, 2.45) is 17.3 Å². The van der Waals surface area contributed by atoms with Gasteiger partial charge in [0.05, 0.1) is 18.1 Å². The fourth-order valence-corrected chi connectivity index (χ4v) is 3.36. The molecule has 0 radical (unpaired) electrons. The summed E-state index contributed by atoms with van der Waals surface area (Å²) in [6.45, 7) is 8.24. The molecule has 1 fully saturated rings. The normalized spacial score (nSPS) is 20.7. The maximum Gasteiger partial charge on any atom is 0.310 e. The molecule has 0 spiro atoms. The van der Waals surface area contributed by atoms with Gasteiger partial charge in [0, 0.05) is 12.7 Å². The van der Waals surface area contributed by atoms with Crippen molar-refractivity contribution >= 4 is 5.97 Å². The predicted octanol–water partition coefficient (Wildman–Crippen LogP) is 4.84. The van der Waals surface area contributed by atoms with Gasteiger partial charge in [-0.1, -0.05) is 25.5 Å². The molecule has 0 N–H and O–H groups in total. The van der Waals surface area contributed by atoms with Crippen LogP contribution in [-0.4, -0.2) is 13.1 Å². The summed E-state index contributed by atoms with van der Waals surface area (Å²) in [4.78, 5) is 12.4. The lowest BCUT2D eigenvalue weighted by Gasteiger charge is -2.14. The zero-order valence-corrected chi connectivity index (χ0v) is 16.0. The lowest BCUT2D eigenvalue weighted by molar-refractivity contribution is -0.147. The standard InChI is InChI=1S/C20H25F3O3/c1-10(2)7-14-15(20(14,4)5)19(24)26-9-12-11(3)16(21)13(8-25-6)18(23)17(12)22/h7,14-15H,8-9H2,1-6H3. The van der Waals surface area contributed by atoms with Gasteiger partial charge in [-0.3, -0.25) is 4.79 Å². The number of benzene rings is 1. The molecular weight excluding hydrogens is 345 g/mol. The summed E-state index contributed by atoms with van der Waals surface area (Å²) in [7, 11) is 1.27. The van der Waals surface area contributed by atoms with Crippen LogP contribution in [0.25, 0.3) is 0 Å². The number of ether oxygens (including phenoxy) is 2. The van der Waals surface area contributed by atoms with E-state index in [2.05, 4.69) is 0 Å². The molecule has 0 bridgehead atoms. The van der Waals surface area contributed by atoms with Crippen molar-refractivity contribution in [2.45, 2.75) is 47.8 Å². The molecule has 1 aliphatic carbocycles. The van der Waals surface area contributed by atoms with E-state index in [1.807, 2.05) is 33.8 Å². The fourth-order valence-electron chi connectivity index (χ4n) is 3.36. The Morgan fingerprint density at radius 1 is 1.08 bits per heavy atom. The number of carbonyl (C=O) groups excluding carboxylic acids is 1. The average molecular weight is 370 g/mol. The van der Waals surface area contributed by atoms with E-state index in [0.717, 1.165) is 5.57 Å². The molecule has 3 nitrogen and oxygen atoms in total. The fraction of sp³-hybridized carbons (Fsp3) is 0.550. The van der Waals surface area contributed by atoms with E-state index in [1.54, 1.807) is 0 Å². The number of rotatable bonds is 6. The first-order valence-corrected chi connectivity index (χ1v) is 8.49. The third kappa shape index (κ3) is 3.65. The predicted molar refractivity (Wildman–Crippen MR) is 91.8 cm³/mol. The van der Waals surface area contributed by atoms with Gasteiger partial charge in [-0.15, -0.1) is 0 Å². The second-order valence-corrected chi connectivity index (χ2v) is 7.63. The molecule has 2 unspecified atom stereocenters. The molecule has 2 atom stereocenters. The summed E-state index contributed by atoms with van der Waals surface area (Å²) in [5.74, 6) is -4.19. The van der Waals surface area contributed by atoms with Crippen molar-refractivity contribution < 1.29 is 27.4 Å². The van der Waals surface area contributed by atoms with Gasteiger partial charge in [0.1, 0.15) is 12.4 Å². The van der Waals surface area contributed by atoms with Crippen LogP contribution in [0.1, 0.15) is 44.4 Å². The lowest BCUT2D eigenvalue weighted by atomic mass is 10.0. The molecule has 0 aromatic heterocycles. The number of hydrogen-bond donors (Lipinski definition) is 0. The average Bonchev–Trinajstić information content (AvgIpc) is 3.09. The van der Waals surface area contributed by atoms with E-state index < -0.39 is 35.6 Å². The van der Waals surface area contributed by atoms with Crippen molar-refractivity contribution in [2.75, 3.05) is 7.11 Å². The third-order valence-electron chi connectivity index (χ3n) is 5.09. The van der Waals surface area contributed by atoms with Gasteiger partial charge in [-0.2, -0.15) is 0 Å². The molecule has 26 heavy (non-hydrogen) atoms. The summed E-state index contributed by atoms with van der Waals surface area (Å²) in [6, 6.07) is 0. The smallest absolute Gasteiger partial charge is 0.310 e. The van der Waals surface area contributed by atoms with E-state index in [0.29, 0.717) is 0 Å². The van der Waals surface area contributed by atoms with Gasteiger partial charge in [0.2, 0.25) is 0 Å². The van der Waals surface area contributed by atoms with Gasteiger partial charge >= 0.3 is 5.97 Å². The maximum absolute atomic E-state index is 14.3. The molecule has 0 amide bonds. The maximum atomic E-state index is 14.3. The van der Waals surface area contributed by atoms with Crippen LogP contribution >= 0.6 is 0 Å². The van der Waals surface area contributed by atoms with Gasteiger partial charge in [0.15, 0.2) is 11.6 Å². The minimum Gasteiger partial charge on any atom is -0.460 e. The first-order chi connectivity index (χ1) is 12.0. The lowest BCUT2D eigenvalue weighted by Crippen LogP contribution is -2.14. The van der Waals surface area contributed by atoms with Gasteiger partial charge in [-0.25, -0.2) is 13.2 Å². The number of hydrogen-bond acceptors (Lipinski definition) is 3. The van der Waals surface area contributed by atoms with E-state index in [4.69, 9.17) is 9.47 Å². The van der Waals surface area contributed by atoms with Gasteiger partial charge in [-0.05, 0) is 37.7 Å². The summed E-state index contributed by atoms with van der Waals surface area (Å²) < 4.78 is 52.6. The van der Waals surface area contributed by atoms with Crippen LogP contribution in [0.5, 0.6) is 0 Å². The quantitative estimate of drug-likeness (QED) is 0.408. The zero-order chi connectivity index (χ0) is 19.8. The number of allylic oxidation sites excluding steroid dienone is 2. The van der Waals surface area contributed by atoms with Crippen molar-refractivity contribution in [3.8, 4) is 0 Å². The van der Waals surface area contributed by atoms with Crippen molar-refractivity contribution in [1.29, 1.82) is 0 Å². The largest absolute Gasteiger partial charge is 0.460 e. The molecule has 0 heterocycles. The second kappa shape index (κ2) is 7.43. The van der Waals surface area contributed by atoms with E-state index in [-0.39, 0.29) is 35.0 Å². The van der Waals surface area contributed by atoms with E-state index in [1.165, 1.54) is 14.0 Å². The SMILES string of the molecule is COCc1c(F)c(C)c(COC(=O)C2C(C=C(C)C)C2(C)C)c(F)c1F. The summed E-state index contributed by atoms with van der Waals surface area (Å²) in [5.41, 5.74) is 0.00793. The highest BCUT2D eigenvalue weighted by molar-refractivity contribution is 5.78. The van der Waals surface area contributed by atoms with E-state index in [9.17, 15) is 18.0 Å². The molecule has 1 aromatic carbocycles. The number of esters is 1. The highest BCUT2D eigenvalue weighted by Crippen LogP contribution is 2.59. The molecule has 0 saturated heterocycles. The molecule has 144 valence electrons. The first kappa shape index (κ1) is 20.5. The van der Waals surface area contributed by atoms with Crippen LogP contribution < -0.4 is 0 Å². The monoisotopic (exact) mass is 370 g/mol.